The van der Waals surface area contributed by atoms with Crippen LogP contribution in [-0.4, -0.2) is 11.4 Å². The highest BCUT2D eigenvalue weighted by atomic mass is 33.5. The third-order valence-corrected chi connectivity index (χ3v) is 4.44. The molecule has 0 saturated heterocycles. The van der Waals surface area contributed by atoms with E-state index in [9.17, 15) is 4.79 Å². The molecule has 1 nitrogen and oxygen atoms in total. The van der Waals surface area contributed by atoms with Gasteiger partial charge < -0.3 is 0 Å². The Kier molecular flexibility index (Phi) is 5.94. The molecule has 0 aliphatic heterocycles. The molecule has 0 atom stereocenters. The third kappa shape index (κ3) is 5.18. The van der Waals surface area contributed by atoms with Crippen molar-refractivity contribution in [2.24, 2.45) is 5.92 Å². The Morgan fingerprint density at radius 3 is 2.33 bits per heavy atom. The summed E-state index contributed by atoms with van der Waals surface area (Å²) >= 11 is 0. The highest BCUT2D eigenvalue weighted by molar-refractivity contribution is 9.11. The first kappa shape index (κ1) is 9.72. The molecule has 0 radical (unpaired) electrons. The molecule has 0 saturated carbocycles. The first-order valence-electron chi connectivity index (χ1n) is 2.59. The van der Waals surface area contributed by atoms with Crippen molar-refractivity contribution in [3.05, 3.63) is 0 Å². The van der Waals surface area contributed by atoms with E-state index in [0.29, 0.717) is 0 Å². The van der Waals surface area contributed by atoms with Gasteiger partial charge in [-0.1, -0.05) is 24.6 Å². The van der Waals surface area contributed by atoms with Crippen molar-refractivity contribution in [3.8, 4) is 0 Å². The summed E-state index contributed by atoms with van der Waals surface area (Å²) in [5.74, 6) is 0.162. The molecule has 0 aromatic heterocycles. The van der Waals surface area contributed by atoms with E-state index in [1.54, 1.807) is 10.8 Å². The molecule has 0 aliphatic rings. The van der Waals surface area contributed by atoms with Crippen LogP contribution in [0, 0.1) is 5.92 Å². The van der Waals surface area contributed by atoms with E-state index in [1.807, 2.05) is 20.1 Å². The van der Waals surface area contributed by atoms with Gasteiger partial charge in [-0.05, 0) is 26.9 Å². The number of carbonyl (C=O) groups is 1. The third-order valence-electron chi connectivity index (χ3n) is 0.656. The van der Waals surface area contributed by atoms with Crippen molar-refractivity contribution in [2.75, 3.05) is 6.26 Å². The van der Waals surface area contributed by atoms with E-state index in [0.717, 1.165) is 0 Å². The SMILES string of the molecule is CSSSC(=O)C(C)C. The lowest BCUT2D eigenvalue weighted by molar-refractivity contribution is -0.113. The predicted molar refractivity (Wildman–Crippen MR) is 48.5 cm³/mol. The minimum absolute atomic E-state index is 0.162. The van der Waals surface area contributed by atoms with Crippen LogP contribution in [0.15, 0.2) is 0 Å². The van der Waals surface area contributed by atoms with Gasteiger partial charge in [-0.3, -0.25) is 4.79 Å². The molecule has 0 unspecified atom stereocenters. The predicted octanol–water partition coefficient (Wildman–Crippen LogP) is 2.83. The molecule has 9 heavy (non-hydrogen) atoms. The lowest BCUT2D eigenvalue weighted by atomic mass is 10.3. The summed E-state index contributed by atoms with van der Waals surface area (Å²) < 4.78 is 0. The highest BCUT2D eigenvalue weighted by Crippen LogP contribution is 2.34. The molecular formula is C5H10OS3. The molecule has 0 spiro atoms. The van der Waals surface area contributed by atoms with E-state index in [-0.39, 0.29) is 11.0 Å². The minimum atomic E-state index is 0.162. The van der Waals surface area contributed by atoms with Gasteiger partial charge >= 0.3 is 0 Å². The van der Waals surface area contributed by atoms with Gasteiger partial charge in [-0.15, -0.1) is 0 Å². The average molecular weight is 182 g/mol. The largest absolute Gasteiger partial charge is 0.286 e. The standard InChI is InChI=1S/C5H10OS3/c1-4(2)5(6)8-9-7-3/h4H,1-3H3. The van der Waals surface area contributed by atoms with E-state index in [1.165, 1.54) is 20.6 Å². The second-order valence-corrected chi connectivity index (χ2v) is 5.96. The lowest BCUT2D eigenvalue weighted by Crippen LogP contribution is -1.98. The van der Waals surface area contributed by atoms with Crippen LogP contribution in [0.25, 0.3) is 0 Å². The Balaban J connectivity index is 3.28. The molecule has 0 rings (SSSR count). The van der Waals surface area contributed by atoms with Crippen molar-refractivity contribution in [3.63, 3.8) is 0 Å². The van der Waals surface area contributed by atoms with Crippen LogP contribution in [0.1, 0.15) is 13.8 Å². The van der Waals surface area contributed by atoms with Gasteiger partial charge in [0.2, 0.25) is 5.12 Å². The van der Waals surface area contributed by atoms with Crippen molar-refractivity contribution in [1.29, 1.82) is 0 Å². The van der Waals surface area contributed by atoms with Crippen LogP contribution >= 0.6 is 31.4 Å². The Bertz CT molecular complexity index is 92.2. The van der Waals surface area contributed by atoms with Crippen LogP contribution in [-0.2, 0) is 4.79 Å². The van der Waals surface area contributed by atoms with Crippen molar-refractivity contribution in [1.82, 2.24) is 0 Å². The van der Waals surface area contributed by atoms with E-state index in [4.69, 9.17) is 0 Å². The first-order valence-corrected chi connectivity index (χ1v) is 6.48. The molecule has 0 bridgehead atoms. The van der Waals surface area contributed by atoms with E-state index >= 15 is 0 Å². The molecular weight excluding hydrogens is 172 g/mol. The van der Waals surface area contributed by atoms with Gasteiger partial charge in [0, 0.05) is 5.92 Å². The van der Waals surface area contributed by atoms with Crippen molar-refractivity contribution >= 4 is 36.5 Å². The fourth-order valence-corrected chi connectivity index (χ4v) is 2.69. The maximum Gasteiger partial charge on any atom is 0.202 e. The van der Waals surface area contributed by atoms with Gasteiger partial charge in [0.15, 0.2) is 0 Å². The normalized spacial score (nSPS) is 10.2. The molecule has 0 heterocycles. The average Bonchev–Trinajstić information content (AvgIpc) is 1.82. The van der Waals surface area contributed by atoms with Crippen LogP contribution < -0.4 is 0 Å². The van der Waals surface area contributed by atoms with Gasteiger partial charge in [0.25, 0.3) is 0 Å². The summed E-state index contributed by atoms with van der Waals surface area (Å²) in [6, 6.07) is 0. The van der Waals surface area contributed by atoms with Crippen LogP contribution in [0.5, 0.6) is 0 Å². The summed E-state index contributed by atoms with van der Waals surface area (Å²) in [5, 5.41) is 0.259. The summed E-state index contributed by atoms with van der Waals surface area (Å²) in [6.45, 7) is 3.83. The first-order chi connectivity index (χ1) is 4.18. The fraction of sp³-hybridized carbons (Fsp3) is 0.800. The van der Waals surface area contributed by atoms with E-state index in [2.05, 4.69) is 0 Å². The number of carbonyl (C=O) groups excluding carboxylic acids is 1. The second-order valence-electron chi connectivity index (χ2n) is 1.79. The number of rotatable bonds is 3. The van der Waals surface area contributed by atoms with Crippen LogP contribution in [0.2, 0.25) is 0 Å². The zero-order chi connectivity index (χ0) is 7.28. The summed E-state index contributed by atoms with van der Waals surface area (Å²) in [5.41, 5.74) is 0. The quantitative estimate of drug-likeness (QED) is 0.624. The second kappa shape index (κ2) is 5.50. The molecule has 0 aromatic rings. The van der Waals surface area contributed by atoms with Crippen molar-refractivity contribution < 1.29 is 4.79 Å². The summed E-state index contributed by atoms with van der Waals surface area (Å²) in [6.07, 6.45) is 1.96. The maximum absolute atomic E-state index is 10.8. The Hall–Kier alpha value is 0.720. The van der Waals surface area contributed by atoms with Gasteiger partial charge in [0.05, 0.1) is 0 Å². The highest BCUT2D eigenvalue weighted by Gasteiger charge is 2.06. The topological polar surface area (TPSA) is 17.1 Å². The monoisotopic (exact) mass is 182 g/mol. The van der Waals surface area contributed by atoms with Gasteiger partial charge in [-0.2, -0.15) is 0 Å². The molecule has 4 heteroatoms. The fourth-order valence-electron chi connectivity index (χ4n) is 0.164. The number of hydrogen-bond acceptors (Lipinski definition) is 4. The minimum Gasteiger partial charge on any atom is -0.286 e. The lowest BCUT2D eigenvalue weighted by Gasteiger charge is -1.98. The Labute approximate surface area is 67.5 Å². The molecule has 0 aromatic carbocycles. The molecule has 54 valence electrons. The number of hydrogen-bond donors (Lipinski definition) is 0. The Morgan fingerprint density at radius 1 is 1.44 bits per heavy atom. The van der Waals surface area contributed by atoms with Gasteiger partial charge in [0.1, 0.15) is 0 Å². The zero-order valence-corrected chi connectivity index (χ0v) is 8.16. The molecule has 0 amide bonds. The Morgan fingerprint density at radius 2 is 2.00 bits per heavy atom. The van der Waals surface area contributed by atoms with Gasteiger partial charge in [-0.25, -0.2) is 0 Å². The van der Waals surface area contributed by atoms with Crippen molar-refractivity contribution in [2.45, 2.75) is 13.8 Å². The zero-order valence-electron chi connectivity index (χ0n) is 5.71. The maximum atomic E-state index is 10.8. The molecule has 0 fully saturated rings. The molecule has 0 aliphatic carbocycles. The smallest absolute Gasteiger partial charge is 0.202 e. The molecule has 0 N–H and O–H groups in total. The van der Waals surface area contributed by atoms with Crippen LogP contribution in [0.4, 0.5) is 0 Å². The van der Waals surface area contributed by atoms with E-state index < -0.39 is 0 Å². The summed E-state index contributed by atoms with van der Waals surface area (Å²) in [4.78, 5) is 10.8. The van der Waals surface area contributed by atoms with Crippen LogP contribution in [0.3, 0.4) is 0 Å². The summed E-state index contributed by atoms with van der Waals surface area (Å²) in [7, 11) is 4.46.